The number of aromatic nitrogens is 1. The maximum atomic E-state index is 13.6. The summed E-state index contributed by atoms with van der Waals surface area (Å²) < 4.78 is 5.62. The minimum absolute atomic E-state index is 0.118. The van der Waals surface area contributed by atoms with Crippen molar-refractivity contribution in [2.45, 2.75) is 4.90 Å². The Kier molecular flexibility index (Phi) is 6.82. The van der Waals surface area contributed by atoms with E-state index in [4.69, 9.17) is 4.52 Å². The van der Waals surface area contributed by atoms with Crippen LogP contribution in [0.2, 0.25) is 0 Å². The lowest BCUT2D eigenvalue weighted by Gasteiger charge is -2.09. The van der Waals surface area contributed by atoms with Crippen LogP contribution in [0.3, 0.4) is 0 Å². The van der Waals surface area contributed by atoms with Crippen LogP contribution in [0, 0.1) is 0 Å². The predicted octanol–water partition coefficient (Wildman–Crippen LogP) is 5.30. The summed E-state index contributed by atoms with van der Waals surface area (Å²) in [5.74, 6) is 1.31. The third kappa shape index (κ3) is 5.27. The zero-order valence-electron chi connectivity index (χ0n) is 18.4. The van der Waals surface area contributed by atoms with Gasteiger partial charge in [-0.2, -0.15) is 0 Å². The standard InChI is InChI=1S/C26H24N2O4S/c1-28(2)15-16-33-22-13-7-18(8-14-22)25(31)23-24(17-3-9-20(29)10-4-17)27-32-26(23)19-5-11-21(30)12-6-19/h3-14,29-30H,15-16H2,1-2H3. The van der Waals surface area contributed by atoms with Crippen LogP contribution in [0.1, 0.15) is 15.9 Å². The Labute approximate surface area is 196 Å². The van der Waals surface area contributed by atoms with Gasteiger partial charge in [-0.05, 0) is 86.9 Å². The summed E-state index contributed by atoms with van der Waals surface area (Å²) >= 11 is 1.74. The van der Waals surface area contributed by atoms with Crippen molar-refractivity contribution < 1.29 is 19.5 Å². The molecule has 0 bridgehead atoms. The smallest absolute Gasteiger partial charge is 0.199 e. The monoisotopic (exact) mass is 460 g/mol. The number of ketones is 1. The van der Waals surface area contributed by atoms with Gasteiger partial charge in [0, 0.05) is 33.9 Å². The quantitative estimate of drug-likeness (QED) is 0.272. The highest BCUT2D eigenvalue weighted by molar-refractivity contribution is 7.99. The normalized spacial score (nSPS) is 11.1. The van der Waals surface area contributed by atoms with Gasteiger partial charge in [0.05, 0.1) is 5.56 Å². The summed E-state index contributed by atoms with van der Waals surface area (Å²) in [6, 6.07) is 20.4. The van der Waals surface area contributed by atoms with Crippen LogP contribution in [0.15, 0.2) is 82.2 Å². The van der Waals surface area contributed by atoms with Gasteiger partial charge in [-0.15, -0.1) is 11.8 Å². The minimum Gasteiger partial charge on any atom is -0.508 e. The first-order chi connectivity index (χ1) is 15.9. The molecule has 0 amide bonds. The van der Waals surface area contributed by atoms with Gasteiger partial charge in [-0.1, -0.05) is 5.16 Å². The van der Waals surface area contributed by atoms with Crippen LogP contribution in [0.5, 0.6) is 11.5 Å². The molecule has 0 aliphatic heterocycles. The first kappa shape index (κ1) is 22.6. The predicted molar refractivity (Wildman–Crippen MR) is 130 cm³/mol. The van der Waals surface area contributed by atoms with E-state index in [0.717, 1.165) is 17.2 Å². The van der Waals surface area contributed by atoms with E-state index in [2.05, 4.69) is 10.1 Å². The number of rotatable bonds is 8. The van der Waals surface area contributed by atoms with Crippen molar-refractivity contribution in [3.05, 3.63) is 83.9 Å². The van der Waals surface area contributed by atoms with Crippen LogP contribution in [-0.2, 0) is 0 Å². The molecule has 0 radical (unpaired) electrons. The molecular weight excluding hydrogens is 436 g/mol. The molecule has 0 fully saturated rings. The van der Waals surface area contributed by atoms with E-state index in [1.807, 2.05) is 38.4 Å². The number of aromatic hydroxyl groups is 2. The van der Waals surface area contributed by atoms with Crippen LogP contribution in [0.4, 0.5) is 0 Å². The number of carbonyl (C=O) groups is 1. The molecule has 6 nitrogen and oxygen atoms in total. The van der Waals surface area contributed by atoms with Crippen molar-refractivity contribution in [1.29, 1.82) is 0 Å². The maximum absolute atomic E-state index is 13.6. The number of phenols is 2. The molecule has 1 heterocycles. The Hall–Kier alpha value is -3.55. The van der Waals surface area contributed by atoms with Gasteiger partial charge >= 0.3 is 0 Å². The average Bonchev–Trinajstić information content (AvgIpc) is 3.25. The number of carbonyl (C=O) groups excluding carboxylic acids is 1. The number of benzene rings is 3. The molecule has 2 N–H and O–H groups in total. The average molecular weight is 461 g/mol. The molecule has 0 saturated carbocycles. The second kappa shape index (κ2) is 9.94. The highest BCUT2D eigenvalue weighted by Crippen LogP contribution is 2.35. The van der Waals surface area contributed by atoms with Gasteiger partial charge < -0.3 is 19.6 Å². The van der Waals surface area contributed by atoms with E-state index in [1.165, 1.54) is 24.3 Å². The third-order valence-electron chi connectivity index (χ3n) is 5.11. The van der Waals surface area contributed by atoms with Crippen LogP contribution in [-0.4, -0.2) is 52.4 Å². The van der Waals surface area contributed by atoms with Crippen molar-refractivity contribution in [3.8, 4) is 34.1 Å². The molecule has 0 aliphatic carbocycles. The molecule has 0 spiro atoms. The number of phenolic OH excluding ortho intramolecular Hbond substituents is 2. The third-order valence-corrected chi connectivity index (χ3v) is 6.11. The molecule has 3 aromatic carbocycles. The summed E-state index contributed by atoms with van der Waals surface area (Å²) in [5, 5.41) is 23.5. The van der Waals surface area contributed by atoms with E-state index in [-0.39, 0.29) is 17.3 Å². The van der Waals surface area contributed by atoms with Crippen LogP contribution in [0.25, 0.3) is 22.6 Å². The Balaban J connectivity index is 1.71. The topological polar surface area (TPSA) is 86.8 Å². The molecule has 4 aromatic rings. The second-order valence-corrected chi connectivity index (χ2v) is 9.00. The zero-order chi connectivity index (χ0) is 23.4. The van der Waals surface area contributed by atoms with E-state index in [0.29, 0.717) is 33.7 Å². The summed E-state index contributed by atoms with van der Waals surface area (Å²) in [5.41, 5.74) is 2.53. The first-order valence-electron chi connectivity index (χ1n) is 10.4. The summed E-state index contributed by atoms with van der Waals surface area (Å²) in [6.07, 6.45) is 0. The Morgan fingerprint density at radius 1 is 0.879 bits per heavy atom. The Morgan fingerprint density at radius 3 is 2.03 bits per heavy atom. The van der Waals surface area contributed by atoms with Crippen LogP contribution < -0.4 is 0 Å². The summed E-state index contributed by atoms with van der Waals surface area (Å²) in [6.45, 7) is 0.970. The van der Waals surface area contributed by atoms with Gasteiger partial charge in [-0.3, -0.25) is 4.79 Å². The van der Waals surface area contributed by atoms with E-state index >= 15 is 0 Å². The van der Waals surface area contributed by atoms with Crippen LogP contribution >= 0.6 is 11.8 Å². The lowest BCUT2D eigenvalue weighted by molar-refractivity contribution is 0.103. The van der Waals surface area contributed by atoms with E-state index < -0.39 is 0 Å². The minimum atomic E-state index is -0.216. The van der Waals surface area contributed by atoms with Crippen molar-refractivity contribution in [3.63, 3.8) is 0 Å². The molecule has 0 aliphatic rings. The number of hydrogen-bond donors (Lipinski definition) is 2. The largest absolute Gasteiger partial charge is 0.508 e. The molecule has 4 rings (SSSR count). The van der Waals surface area contributed by atoms with Gasteiger partial charge in [0.15, 0.2) is 11.5 Å². The van der Waals surface area contributed by atoms with Gasteiger partial charge in [0.25, 0.3) is 0 Å². The SMILES string of the molecule is CN(C)CCSc1ccc(C(=O)c2c(-c3ccc(O)cc3)noc2-c2ccc(O)cc2)cc1. The highest BCUT2D eigenvalue weighted by Gasteiger charge is 2.26. The van der Waals surface area contributed by atoms with Crippen molar-refractivity contribution in [1.82, 2.24) is 10.1 Å². The van der Waals surface area contributed by atoms with E-state index in [1.54, 1.807) is 36.0 Å². The molecule has 168 valence electrons. The fourth-order valence-corrected chi connectivity index (χ4v) is 4.34. The zero-order valence-corrected chi connectivity index (χ0v) is 19.2. The fraction of sp³-hybridized carbons (Fsp3) is 0.154. The maximum Gasteiger partial charge on any atom is 0.199 e. The lowest BCUT2D eigenvalue weighted by Crippen LogP contribution is -2.14. The first-order valence-corrected chi connectivity index (χ1v) is 11.4. The van der Waals surface area contributed by atoms with Gasteiger partial charge in [0.2, 0.25) is 0 Å². The number of nitrogens with zero attached hydrogens (tertiary/aromatic N) is 2. The molecule has 33 heavy (non-hydrogen) atoms. The molecule has 0 atom stereocenters. The molecule has 1 aromatic heterocycles. The molecule has 0 unspecified atom stereocenters. The van der Waals surface area contributed by atoms with Gasteiger partial charge in [0.1, 0.15) is 17.2 Å². The second-order valence-electron chi connectivity index (χ2n) is 7.83. The highest BCUT2D eigenvalue weighted by atomic mass is 32.2. The van der Waals surface area contributed by atoms with E-state index in [9.17, 15) is 15.0 Å². The molecular formula is C26H24N2O4S. The summed E-state index contributed by atoms with van der Waals surface area (Å²) in [7, 11) is 4.08. The Bertz CT molecular complexity index is 1170. The molecule has 7 heteroatoms. The number of thioether (sulfide) groups is 1. The summed E-state index contributed by atoms with van der Waals surface area (Å²) in [4.78, 5) is 16.9. The number of hydrogen-bond acceptors (Lipinski definition) is 7. The Morgan fingerprint density at radius 2 is 1.45 bits per heavy atom. The lowest BCUT2D eigenvalue weighted by atomic mass is 9.95. The van der Waals surface area contributed by atoms with Crippen molar-refractivity contribution in [2.24, 2.45) is 0 Å². The molecule has 0 saturated heterocycles. The van der Waals surface area contributed by atoms with Gasteiger partial charge in [-0.25, -0.2) is 0 Å². The van der Waals surface area contributed by atoms with Crippen molar-refractivity contribution in [2.75, 3.05) is 26.4 Å². The van der Waals surface area contributed by atoms with Crippen molar-refractivity contribution >= 4 is 17.5 Å². The fourth-order valence-electron chi connectivity index (χ4n) is 3.32.